The van der Waals surface area contributed by atoms with Crippen molar-refractivity contribution in [3.05, 3.63) is 0 Å². The van der Waals surface area contributed by atoms with Crippen LogP contribution in [-0.4, -0.2) is 39.7 Å². The summed E-state index contributed by atoms with van der Waals surface area (Å²) < 4.78 is 0. The molecule has 2 atom stereocenters. The molecular formula is C8H14O3S. The van der Waals surface area contributed by atoms with Crippen molar-refractivity contribution in [2.75, 3.05) is 12.4 Å². The molecule has 70 valence electrons. The normalized spacial score (nSPS) is 26.2. The summed E-state index contributed by atoms with van der Waals surface area (Å²) in [6, 6.07) is 0. The molecule has 1 rings (SSSR count). The molecule has 3 nitrogen and oxygen atoms in total. The maximum atomic E-state index is 10.8. The van der Waals surface area contributed by atoms with Crippen LogP contribution in [0.5, 0.6) is 0 Å². The Balaban J connectivity index is 2.11. The maximum absolute atomic E-state index is 10.8. The topological polar surface area (TPSA) is 57.5 Å². The second-order valence-corrected chi connectivity index (χ2v) is 4.41. The van der Waals surface area contributed by atoms with Crippen molar-refractivity contribution in [1.82, 2.24) is 0 Å². The lowest BCUT2D eigenvalue weighted by Crippen LogP contribution is -2.16. The zero-order valence-corrected chi connectivity index (χ0v) is 7.72. The Hall–Kier alpha value is -0.0600. The van der Waals surface area contributed by atoms with E-state index in [1.807, 2.05) is 0 Å². The number of aliphatic hydroxyl groups excluding tert-OH is 2. The van der Waals surface area contributed by atoms with Gasteiger partial charge in [-0.15, -0.1) is 0 Å². The van der Waals surface area contributed by atoms with E-state index in [9.17, 15) is 4.79 Å². The lowest BCUT2D eigenvalue weighted by Gasteiger charge is -2.10. The molecule has 1 aliphatic carbocycles. The number of thioether (sulfide) groups is 1. The molecule has 0 amide bonds. The number of Topliss-reactive ketones (excluding diaryl/α,β-unsaturated/α-hetero) is 1. The minimum atomic E-state index is -0.634. The Morgan fingerprint density at radius 2 is 2.42 bits per heavy atom. The molecule has 1 saturated carbocycles. The van der Waals surface area contributed by atoms with Gasteiger partial charge in [-0.2, -0.15) is 11.8 Å². The summed E-state index contributed by atoms with van der Waals surface area (Å²) >= 11 is 1.59. The highest BCUT2D eigenvalue weighted by molar-refractivity contribution is 8.00. The summed E-state index contributed by atoms with van der Waals surface area (Å²) in [5, 5.41) is 17.9. The van der Waals surface area contributed by atoms with Crippen molar-refractivity contribution in [2.24, 2.45) is 0 Å². The van der Waals surface area contributed by atoms with Crippen LogP contribution in [0.4, 0.5) is 0 Å². The Morgan fingerprint density at radius 3 is 2.92 bits per heavy atom. The van der Waals surface area contributed by atoms with Gasteiger partial charge in [0.1, 0.15) is 5.78 Å². The fourth-order valence-corrected chi connectivity index (χ4v) is 2.41. The molecule has 0 heterocycles. The van der Waals surface area contributed by atoms with Crippen LogP contribution >= 0.6 is 11.8 Å². The minimum Gasteiger partial charge on any atom is -0.394 e. The first-order chi connectivity index (χ1) is 5.72. The van der Waals surface area contributed by atoms with Gasteiger partial charge in [0.2, 0.25) is 0 Å². The van der Waals surface area contributed by atoms with Gasteiger partial charge >= 0.3 is 0 Å². The lowest BCUT2D eigenvalue weighted by atomic mass is 10.4. The molecule has 0 aliphatic heterocycles. The standard InChI is InChI=1S/C8H14O3S/c9-4-7(11)5-12-8-2-1-6(10)3-8/h7-9,11H,1-5H2. The third-order valence-corrected chi connectivity index (χ3v) is 3.39. The average molecular weight is 190 g/mol. The van der Waals surface area contributed by atoms with Gasteiger partial charge in [-0.3, -0.25) is 4.79 Å². The molecular weight excluding hydrogens is 176 g/mol. The molecule has 2 N–H and O–H groups in total. The van der Waals surface area contributed by atoms with E-state index >= 15 is 0 Å². The van der Waals surface area contributed by atoms with Crippen LogP contribution in [0.15, 0.2) is 0 Å². The van der Waals surface area contributed by atoms with Crippen LogP contribution in [0.2, 0.25) is 0 Å². The van der Waals surface area contributed by atoms with E-state index in [2.05, 4.69) is 0 Å². The highest BCUT2D eigenvalue weighted by atomic mass is 32.2. The fourth-order valence-electron chi connectivity index (χ4n) is 1.22. The molecule has 12 heavy (non-hydrogen) atoms. The van der Waals surface area contributed by atoms with E-state index in [4.69, 9.17) is 10.2 Å². The summed E-state index contributed by atoms with van der Waals surface area (Å²) in [5.41, 5.74) is 0. The Labute approximate surface area is 76.2 Å². The maximum Gasteiger partial charge on any atom is 0.134 e. The Bertz CT molecular complexity index is 160. The second-order valence-electron chi connectivity index (χ2n) is 3.07. The van der Waals surface area contributed by atoms with Crippen molar-refractivity contribution >= 4 is 17.5 Å². The SMILES string of the molecule is O=C1CCC(SCC(O)CO)C1. The molecule has 0 aromatic carbocycles. The van der Waals surface area contributed by atoms with Crippen molar-refractivity contribution in [1.29, 1.82) is 0 Å². The van der Waals surface area contributed by atoms with Crippen LogP contribution in [0.3, 0.4) is 0 Å². The number of ketones is 1. The quantitative estimate of drug-likeness (QED) is 0.664. The Morgan fingerprint density at radius 1 is 1.67 bits per heavy atom. The number of hydrogen-bond acceptors (Lipinski definition) is 4. The predicted octanol–water partition coefficient (Wildman–Crippen LogP) is 0.194. The fraction of sp³-hybridized carbons (Fsp3) is 0.875. The number of aliphatic hydroxyl groups is 2. The van der Waals surface area contributed by atoms with Gasteiger partial charge in [0.15, 0.2) is 0 Å². The van der Waals surface area contributed by atoms with Gasteiger partial charge < -0.3 is 10.2 Å². The van der Waals surface area contributed by atoms with Crippen molar-refractivity contribution < 1.29 is 15.0 Å². The highest BCUT2D eigenvalue weighted by Gasteiger charge is 2.22. The molecule has 0 aromatic rings. The van der Waals surface area contributed by atoms with Crippen LogP contribution in [0, 0.1) is 0 Å². The molecule has 2 unspecified atom stereocenters. The molecule has 1 aliphatic rings. The zero-order chi connectivity index (χ0) is 8.97. The Kier molecular flexibility index (Phi) is 4.05. The molecule has 0 spiro atoms. The van der Waals surface area contributed by atoms with Gasteiger partial charge in [-0.25, -0.2) is 0 Å². The first-order valence-electron chi connectivity index (χ1n) is 4.14. The van der Waals surface area contributed by atoms with Crippen molar-refractivity contribution in [2.45, 2.75) is 30.6 Å². The van der Waals surface area contributed by atoms with E-state index in [0.29, 0.717) is 29.6 Å². The van der Waals surface area contributed by atoms with Crippen LogP contribution < -0.4 is 0 Å². The van der Waals surface area contributed by atoms with E-state index in [1.165, 1.54) is 0 Å². The number of carbonyl (C=O) groups excluding carboxylic acids is 1. The van der Waals surface area contributed by atoms with Gasteiger partial charge in [0.25, 0.3) is 0 Å². The molecule has 0 bridgehead atoms. The van der Waals surface area contributed by atoms with E-state index in [-0.39, 0.29) is 6.61 Å². The van der Waals surface area contributed by atoms with Crippen LogP contribution in [0.1, 0.15) is 19.3 Å². The van der Waals surface area contributed by atoms with E-state index < -0.39 is 6.10 Å². The van der Waals surface area contributed by atoms with Gasteiger partial charge in [-0.05, 0) is 6.42 Å². The first-order valence-corrected chi connectivity index (χ1v) is 5.19. The van der Waals surface area contributed by atoms with E-state index in [1.54, 1.807) is 11.8 Å². The predicted molar refractivity (Wildman–Crippen MR) is 48.2 cm³/mol. The average Bonchev–Trinajstić information content (AvgIpc) is 2.47. The van der Waals surface area contributed by atoms with Gasteiger partial charge in [-0.1, -0.05) is 0 Å². The summed E-state index contributed by atoms with van der Waals surface area (Å²) in [7, 11) is 0. The largest absolute Gasteiger partial charge is 0.394 e. The summed E-state index contributed by atoms with van der Waals surface area (Å²) in [4.78, 5) is 10.8. The van der Waals surface area contributed by atoms with Crippen LogP contribution in [-0.2, 0) is 4.79 Å². The summed E-state index contributed by atoms with van der Waals surface area (Å²) in [5.74, 6) is 0.861. The third-order valence-electron chi connectivity index (χ3n) is 1.94. The minimum absolute atomic E-state index is 0.187. The highest BCUT2D eigenvalue weighted by Crippen LogP contribution is 2.27. The molecule has 0 saturated heterocycles. The zero-order valence-electron chi connectivity index (χ0n) is 6.90. The van der Waals surface area contributed by atoms with Gasteiger partial charge in [0, 0.05) is 23.8 Å². The number of hydrogen-bond donors (Lipinski definition) is 2. The van der Waals surface area contributed by atoms with Crippen LogP contribution in [0.25, 0.3) is 0 Å². The monoisotopic (exact) mass is 190 g/mol. The lowest BCUT2D eigenvalue weighted by molar-refractivity contribution is -0.117. The van der Waals surface area contributed by atoms with Crippen molar-refractivity contribution in [3.8, 4) is 0 Å². The summed E-state index contributed by atoms with van der Waals surface area (Å²) in [6.07, 6.45) is 1.63. The third kappa shape index (κ3) is 3.13. The van der Waals surface area contributed by atoms with Gasteiger partial charge in [0.05, 0.1) is 12.7 Å². The molecule has 1 fully saturated rings. The smallest absolute Gasteiger partial charge is 0.134 e. The molecule has 4 heteroatoms. The molecule has 0 aromatic heterocycles. The van der Waals surface area contributed by atoms with Crippen molar-refractivity contribution in [3.63, 3.8) is 0 Å². The first kappa shape index (κ1) is 10.0. The second kappa shape index (κ2) is 4.84. The number of carbonyl (C=O) groups is 1. The number of rotatable bonds is 4. The molecule has 0 radical (unpaired) electrons. The van der Waals surface area contributed by atoms with E-state index in [0.717, 1.165) is 6.42 Å². The summed E-state index contributed by atoms with van der Waals surface area (Å²) in [6.45, 7) is -0.187.